The molecule has 0 spiro atoms. The normalized spacial score (nSPS) is 10.0. The Bertz CT molecular complexity index is 163. The van der Waals surface area contributed by atoms with Gasteiger partial charge in [0.1, 0.15) is 0 Å². The Hall–Kier alpha value is -0.280. The molecule has 0 saturated heterocycles. The third kappa shape index (κ3) is 13.7. The average molecular weight is 252 g/mol. The van der Waals surface area contributed by atoms with E-state index in [0.717, 1.165) is 6.42 Å². The van der Waals surface area contributed by atoms with E-state index in [1.807, 2.05) is 19.0 Å². The van der Waals surface area contributed by atoms with Gasteiger partial charge in [0, 0.05) is 0 Å². The fourth-order valence-electron chi connectivity index (χ4n) is 1.37. The van der Waals surface area contributed by atoms with Crippen LogP contribution >= 0.6 is 12.4 Å². The summed E-state index contributed by atoms with van der Waals surface area (Å²) in [6, 6.07) is 0. The average Bonchev–Trinajstić information content (AvgIpc) is 2.15. The summed E-state index contributed by atoms with van der Waals surface area (Å²) in [5.41, 5.74) is 0. The standard InChI is InChI=1S/C12H25NO2.ClH/c1-4-5-6-7-8-9-10-15-12(14)11-13(2)3;/h4-11H2,1-3H3;1H. The van der Waals surface area contributed by atoms with Crippen LogP contribution in [0.2, 0.25) is 0 Å². The lowest BCUT2D eigenvalue weighted by Gasteiger charge is -2.09. The van der Waals surface area contributed by atoms with E-state index in [-0.39, 0.29) is 18.4 Å². The van der Waals surface area contributed by atoms with Gasteiger partial charge in [-0.05, 0) is 20.5 Å². The highest BCUT2D eigenvalue weighted by Crippen LogP contribution is 2.04. The van der Waals surface area contributed by atoms with Gasteiger partial charge < -0.3 is 4.74 Å². The minimum Gasteiger partial charge on any atom is -0.465 e. The van der Waals surface area contributed by atoms with Gasteiger partial charge in [-0.25, -0.2) is 0 Å². The maximum atomic E-state index is 11.1. The van der Waals surface area contributed by atoms with Crippen LogP contribution in [0.25, 0.3) is 0 Å². The van der Waals surface area contributed by atoms with Gasteiger partial charge in [0.05, 0.1) is 13.2 Å². The van der Waals surface area contributed by atoms with Crippen molar-refractivity contribution in [2.75, 3.05) is 27.2 Å². The third-order valence-corrected chi connectivity index (χ3v) is 2.21. The first kappa shape index (κ1) is 18.1. The Morgan fingerprint density at radius 3 is 2.19 bits per heavy atom. The molecule has 0 bridgehead atoms. The van der Waals surface area contributed by atoms with Crippen molar-refractivity contribution in [1.82, 2.24) is 4.90 Å². The van der Waals surface area contributed by atoms with Crippen LogP contribution in [0.15, 0.2) is 0 Å². The van der Waals surface area contributed by atoms with E-state index in [0.29, 0.717) is 13.2 Å². The predicted molar refractivity (Wildman–Crippen MR) is 70.1 cm³/mol. The van der Waals surface area contributed by atoms with Crippen LogP contribution in [0.4, 0.5) is 0 Å². The lowest BCUT2D eigenvalue weighted by Crippen LogP contribution is -2.23. The first-order chi connectivity index (χ1) is 7.16. The number of likely N-dealkylation sites (N-methyl/N-ethyl adjacent to an activating group) is 1. The SMILES string of the molecule is CCCCCCCCOC(=O)CN(C)C.Cl. The largest absolute Gasteiger partial charge is 0.465 e. The zero-order valence-corrected chi connectivity index (χ0v) is 11.6. The summed E-state index contributed by atoms with van der Waals surface area (Å²) < 4.78 is 5.08. The molecule has 0 amide bonds. The number of carbonyl (C=O) groups is 1. The number of rotatable bonds is 9. The quantitative estimate of drug-likeness (QED) is 0.466. The molecule has 3 nitrogen and oxygen atoms in total. The number of carbonyl (C=O) groups excluding carboxylic acids is 1. The van der Waals surface area contributed by atoms with E-state index >= 15 is 0 Å². The van der Waals surface area contributed by atoms with Gasteiger partial charge in [0.2, 0.25) is 0 Å². The van der Waals surface area contributed by atoms with Crippen molar-refractivity contribution >= 4 is 18.4 Å². The predicted octanol–water partition coefficient (Wildman–Crippen LogP) is 2.87. The summed E-state index contributed by atoms with van der Waals surface area (Å²) in [6.45, 7) is 3.18. The monoisotopic (exact) mass is 251 g/mol. The van der Waals surface area contributed by atoms with E-state index in [4.69, 9.17) is 4.74 Å². The van der Waals surface area contributed by atoms with Gasteiger partial charge in [-0.15, -0.1) is 12.4 Å². The smallest absolute Gasteiger partial charge is 0.320 e. The molecule has 0 aromatic rings. The minimum atomic E-state index is -0.117. The molecular formula is C12H26ClNO2. The van der Waals surface area contributed by atoms with Crippen LogP contribution in [0, 0.1) is 0 Å². The first-order valence-electron chi connectivity index (χ1n) is 5.97. The lowest BCUT2D eigenvalue weighted by molar-refractivity contribution is -0.144. The Labute approximate surface area is 106 Å². The van der Waals surface area contributed by atoms with Gasteiger partial charge in [-0.3, -0.25) is 9.69 Å². The Morgan fingerprint density at radius 2 is 1.62 bits per heavy atom. The van der Waals surface area contributed by atoms with Crippen LogP contribution in [0.3, 0.4) is 0 Å². The molecule has 0 aliphatic heterocycles. The summed E-state index contributed by atoms with van der Waals surface area (Å²) >= 11 is 0. The van der Waals surface area contributed by atoms with E-state index in [1.165, 1.54) is 32.1 Å². The molecule has 4 heteroatoms. The summed E-state index contributed by atoms with van der Waals surface area (Å²) in [5, 5.41) is 0. The van der Waals surface area contributed by atoms with Gasteiger partial charge in [0.25, 0.3) is 0 Å². The summed E-state index contributed by atoms with van der Waals surface area (Å²) in [7, 11) is 3.73. The highest BCUT2D eigenvalue weighted by Gasteiger charge is 2.02. The maximum Gasteiger partial charge on any atom is 0.320 e. The molecule has 0 rings (SSSR count). The summed E-state index contributed by atoms with van der Waals surface area (Å²) in [5.74, 6) is -0.117. The van der Waals surface area contributed by atoms with Crippen LogP contribution in [0.1, 0.15) is 45.4 Å². The van der Waals surface area contributed by atoms with Crippen molar-refractivity contribution in [1.29, 1.82) is 0 Å². The third-order valence-electron chi connectivity index (χ3n) is 2.21. The van der Waals surface area contributed by atoms with Gasteiger partial charge in [-0.1, -0.05) is 39.0 Å². The highest BCUT2D eigenvalue weighted by atomic mass is 35.5. The van der Waals surface area contributed by atoms with Crippen molar-refractivity contribution in [3.63, 3.8) is 0 Å². The molecule has 16 heavy (non-hydrogen) atoms. The molecule has 98 valence electrons. The molecule has 0 aliphatic rings. The second-order valence-corrected chi connectivity index (χ2v) is 4.23. The summed E-state index contributed by atoms with van der Waals surface area (Å²) in [4.78, 5) is 12.9. The minimum absolute atomic E-state index is 0. The highest BCUT2D eigenvalue weighted by molar-refractivity contribution is 5.85. The van der Waals surface area contributed by atoms with Crippen LogP contribution < -0.4 is 0 Å². The number of halogens is 1. The number of esters is 1. The van der Waals surface area contributed by atoms with Crippen LogP contribution in [-0.4, -0.2) is 38.1 Å². The summed E-state index contributed by atoms with van der Waals surface area (Å²) in [6.07, 6.45) is 7.34. The number of ether oxygens (including phenoxy) is 1. The fraction of sp³-hybridized carbons (Fsp3) is 0.917. The van der Waals surface area contributed by atoms with E-state index < -0.39 is 0 Å². The molecule has 0 fully saturated rings. The number of hydrogen-bond donors (Lipinski definition) is 0. The zero-order chi connectivity index (χ0) is 11.5. The molecule has 0 radical (unpaired) electrons. The zero-order valence-electron chi connectivity index (χ0n) is 10.8. The van der Waals surface area contributed by atoms with Crippen LogP contribution in [-0.2, 0) is 9.53 Å². The van der Waals surface area contributed by atoms with Crippen molar-refractivity contribution in [2.24, 2.45) is 0 Å². The molecule has 0 aromatic heterocycles. The topological polar surface area (TPSA) is 29.5 Å². The second kappa shape index (κ2) is 12.8. The van der Waals surface area contributed by atoms with Gasteiger partial charge >= 0.3 is 5.97 Å². The molecular weight excluding hydrogens is 226 g/mol. The Morgan fingerprint density at radius 1 is 1.06 bits per heavy atom. The van der Waals surface area contributed by atoms with Crippen molar-refractivity contribution in [3.8, 4) is 0 Å². The number of nitrogens with zero attached hydrogens (tertiary/aromatic N) is 1. The molecule has 0 aromatic carbocycles. The second-order valence-electron chi connectivity index (χ2n) is 4.23. The Kier molecular flexibility index (Phi) is 14.5. The lowest BCUT2D eigenvalue weighted by atomic mass is 10.1. The van der Waals surface area contributed by atoms with Crippen molar-refractivity contribution in [2.45, 2.75) is 45.4 Å². The molecule has 0 saturated carbocycles. The first-order valence-corrected chi connectivity index (χ1v) is 5.97. The molecule has 0 aliphatic carbocycles. The Balaban J connectivity index is 0. The van der Waals surface area contributed by atoms with Crippen molar-refractivity contribution in [3.05, 3.63) is 0 Å². The maximum absolute atomic E-state index is 11.1. The van der Waals surface area contributed by atoms with Crippen molar-refractivity contribution < 1.29 is 9.53 Å². The van der Waals surface area contributed by atoms with Gasteiger partial charge in [0.15, 0.2) is 0 Å². The van der Waals surface area contributed by atoms with Gasteiger partial charge in [-0.2, -0.15) is 0 Å². The van der Waals surface area contributed by atoms with E-state index in [9.17, 15) is 4.79 Å². The molecule has 0 atom stereocenters. The molecule has 0 heterocycles. The van der Waals surface area contributed by atoms with Crippen LogP contribution in [0.5, 0.6) is 0 Å². The van der Waals surface area contributed by atoms with E-state index in [2.05, 4.69) is 6.92 Å². The fourth-order valence-corrected chi connectivity index (χ4v) is 1.37. The number of unbranched alkanes of at least 4 members (excludes halogenated alkanes) is 5. The number of hydrogen-bond acceptors (Lipinski definition) is 3. The molecule has 0 unspecified atom stereocenters. The van der Waals surface area contributed by atoms with E-state index in [1.54, 1.807) is 0 Å². The molecule has 0 N–H and O–H groups in total.